The SMILES string of the molecule is Clc1ccc2[nH]cc(C3CCCOC3)c2c1. The van der Waals surface area contributed by atoms with Crippen LogP contribution in [0.3, 0.4) is 0 Å². The highest BCUT2D eigenvalue weighted by molar-refractivity contribution is 6.31. The van der Waals surface area contributed by atoms with Crippen molar-refractivity contribution in [3.63, 3.8) is 0 Å². The summed E-state index contributed by atoms with van der Waals surface area (Å²) in [6.07, 6.45) is 4.46. The molecule has 16 heavy (non-hydrogen) atoms. The molecule has 0 aliphatic carbocycles. The summed E-state index contributed by atoms with van der Waals surface area (Å²) in [5.41, 5.74) is 2.50. The number of fused-ring (bicyclic) bond motifs is 1. The lowest BCUT2D eigenvalue weighted by atomic mass is 9.93. The Hall–Kier alpha value is -0.990. The molecule has 1 aromatic heterocycles. The van der Waals surface area contributed by atoms with Crippen LogP contribution in [0.15, 0.2) is 24.4 Å². The maximum Gasteiger partial charge on any atom is 0.0535 e. The second-order valence-corrected chi connectivity index (χ2v) is 4.78. The van der Waals surface area contributed by atoms with Crippen LogP contribution in [-0.2, 0) is 4.74 Å². The zero-order chi connectivity index (χ0) is 11.0. The van der Waals surface area contributed by atoms with Crippen LogP contribution in [0.1, 0.15) is 24.3 Å². The lowest BCUT2D eigenvalue weighted by molar-refractivity contribution is 0.0808. The molecule has 0 spiro atoms. The molecule has 0 radical (unpaired) electrons. The van der Waals surface area contributed by atoms with Gasteiger partial charge in [0.15, 0.2) is 0 Å². The van der Waals surface area contributed by atoms with Gasteiger partial charge in [0.05, 0.1) is 6.61 Å². The van der Waals surface area contributed by atoms with E-state index >= 15 is 0 Å². The van der Waals surface area contributed by atoms with E-state index < -0.39 is 0 Å². The molecule has 84 valence electrons. The number of halogens is 1. The third-order valence-electron chi connectivity index (χ3n) is 3.28. The third-order valence-corrected chi connectivity index (χ3v) is 3.51. The van der Waals surface area contributed by atoms with Gasteiger partial charge in [-0.1, -0.05) is 11.6 Å². The molecule has 1 saturated heterocycles. The van der Waals surface area contributed by atoms with Crippen molar-refractivity contribution in [3.8, 4) is 0 Å². The van der Waals surface area contributed by atoms with Gasteiger partial charge in [-0.2, -0.15) is 0 Å². The predicted octanol–water partition coefficient (Wildman–Crippen LogP) is 3.72. The molecular weight excluding hydrogens is 222 g/mol. The van der Waals surface area contributed by atoms with Crippen LogP contribution in [-0.4, -0.2) is 18.2 Å². The molecule has 0 saturated carbocycles. The van der Waals surface area contributed by atoms with E-state index in [-0.39, 0.29) is 0 Å². The second-order valence-electron chi connectivity index (χ2n) is 4.35. The van der Waals surface area contributed by atoms with Crippen LogP contribution in [0.4, 0.5) is 0 Å². The number of ether oxygens (including phenoxy) is 1. The van der Waals surface area contributed by atoms with Gasteiger partial charge in [0.1, 0.15) is 0 Å². The molecule has 1 unspecified atom stereocenters. The van der Waals surface area contributed by atoms with Crippen LogP contribution in [0, 0.1) is 0 Å². The average molecular weight is 236 g/mol. The molecule has 2 nitrogen and oxygen atoms in total. The van der Waals surface area contributed by atoms with E-state index in [1.165, 1.54) is 17.4 Å². The van der Waals surface area contributed by atoms with Gasteiger partial charge >= 0.3 is 0 Å². The number of aromatic amines is 1. The molecule has 3 heteroatoms. The van der Waals surface area contributed by atoms with E-state index in [0.29, 0.717) is 5.92 Å². The van der Waals surface area contributed by atoms with Gasteiger partial charge in [-0.05, 0) is 36.6 Å². The van der Waals surface area contributed by atoms with E-state index in [2.05, 4.69) is 11.2 Å². The second kappa shape index (κ2) is 4.11. The van der Waals surface area contributed by atoms with Crippen LogP contribution in [0.2, 0.25) is 5.02 Å². The summed E-state index contributed by atoms with van der Waals surface area (Å²) < 4.78 is 5.54. The molecule has 2 heterocycles. The Labute approximate surface area is 99.6 Å². The molecule has 0 bridgehead atoms. The third kappa shape index (κ3) is 1.72. The molecule has 3 rings (SSSR count). The molecule has 1 atom stereocenters. The number of benzene rings is 1. The lowest BCUT2D eigenvalue weighted by Crippen LogP contribution is -2.15. The van der Waals surface area contributed by atoms with Crippen molar-refractivity contribution in [2.45, 2.75) is 18.8 Å². The summed E-state index contributed by atoms with van der Waals surface area (Å²) in [4.78, 5) is 3.30. The fourth-order valence-electron chi connectivity index (χ4n) is 2.44. The van der Waals surface area contributed by atoms with Crippen LogP contribution < -0.4 is 0 Å². The molecule has 1 aromatic carbocycles. The maximum absolute atomic E-state index is 6.04. The normalized spacial score (nSPS) is 21.4. The van der Waals surface area contributed by atoms with Crippen LogP contribution in [0.5, 0.6) is 0 Å². The summed E-state index contributed by atoms with van der Waals surface area (Å²) in [5, 5.41) is 2.04. The molecule has 2 aromatic rings. The van der Waals surface area contributed by atoms with Gasteiger partial charge in [0, 0.05) is 34.6 Å². The summed E-state index contributed by atoms with van der Waals surface area (Å²) >= 11 is 6.04. The van der Waals surface area contributed by atoms with Crippen molar-refractivity contribution < 1.29 is 4.74 Å². The van der Waals surface area contributed by atoms with E-state index in [9.17, 15) is 0 Å². The number of hydrogen-bond donors (Lipinski definition) is 1. The Kier molecular flexibility index (Phi) is 2.62. The maximum atomic E-state index is 6.04. The molecular formula is C13H14ClNO. The number of nitrogens with one attached hydrogen (secondary N) is 1. The Morgan fingerprint density at radius 1 is 1.38 bits per heavy atom. The van der Waals surface area contributed by atoms with Crippen molar-refractivity contribution in [2.24, 2.45) is 0 Å². The summed E-state index contributed by atoms with van der Waals surface area (Å²) in [6, 6.07) is 5.99. The molecule has 1 N–H and O–H groups in total. The number of rotatable bonds is 1. The first-order valence-electron chi connectivity index (χ1n) is 5.69. The van der Waals surface area contributed by atoms with Gasteiger partial charge in [-0.15, -0.1) is 0 Å². The Bertz CT molecular complexity index is 500. The number of hydrogen-bond acceptors (Lipinski definition) is 1. The summed E-state index contributed by atoms with van der Waals surface area (Å²) in [7, 11) is 0. The summed E-state index contributed by atoms with van der Waals surface area (Å²) in [5.74, 6) is 0.515. The Morgan fingerprint density at radius 3 is 3.12 bits per heavy atom. The Morgan fingerprint density at radius 2 is 2.31 bits per heavy atom. The Balaban J connectivity index is 2.05. The minimum atomic E-state index is 0.515. The van der Waals surface area contributed by atoms with E-state index in [4.69, 9.17) is 16.3 Å². The average Bonchev–Trinajstić information content (AvgIpc) is 2.73. The molecule has 0 amide bonds. The van der Waals surface area contributed by atoms with Crippen molar-refractivity contribution in [1.82, 2.24) is 4.98 Å². The van der Waals surface area contributed by atoms with Crippen molar-refractivity contribution >= 4 is 22.5 Å². The first-order valence-corrected chi connectivity index (χ1v) is 6.06. The van der Waals surface area contributed by atoms with Gasteiger partial charge in [-0.3, -0.25) is 0 Å². The zero-order valence-electron chi connectivity index (χ0n) is 9.00. The smallest absolute Gasteiger partial charge is 0.0535 e. The van der Waals surface area contributed by atoms with Crippen LogP contribution in [0.25, 0.3) is 10.9 Å². The topological polar surface area (TPSA) is 25.0 Å². The van der Waals surface area contributed by atoms with Crippen molar-refractivity contribution in [2.75, 3.05) is 13.2 Å². The largest absolute Gasteiger partial charge is 0.381 e. The van der Waals surface area contributed by atoms with Crippen molar-refractivity contribution in [1.29, 1.82) is 0 Å². The van der Waals surface area contributed by atoms with E-state index in [1.54, 1.807) is 0 Å². The highest BCUT2D eigenvalue weighted by Gasteiger charge is 2.19. The quantitative estimate of drug-likeness (QED) is 0.801. The fourth-order valence-corrected chi connectivity index (χ4v) is 2.61. The first-order chi connectivity index (χ1) is 7.84. The summed E-state index contributed by atoms with van der Waals surface area (Å²) in [6.45, 7) is 1.74. The van der Waals surface area contributed by atoms with Gasteiger partial charge in [-0.25, -0.2) is 0 Å². The molecule has 1 aliphatic rings. The minimum absolute atomic E-state index is 0.515. The number of aromatic nitrogens is 1. The number of H-pyrrole nitrogens is 1. The first kappa shape index (κ1) is 10.2. The van der Waals surface area contributed by atoms with Gasteiger partial charge < -0.3 is 9.72 Å². The van der Waals surface area contributed by atoms with Crippen LogP contribution >= 0.6 is 11.6 Å². The standard InChI is InChI=1S/C13H14ClNO/c14-10-3-4-13-11(6-10)12(7-15-13)9-2-1-5-16-8-9/h3-4,6-7,9,15H,1-2,5,8H2. The highest BCUT2D eigenvalue weighted by Crippen LogP contribution is 2.32. The van der Waals surface area contributed by atoms with E-state index in [0.717, 1.165) is 30.2 Å². The molecule has 1 aliphatic heterocycles. The monoisotopic (exact) mass is 235 g/mol. The predicted molar refractivity (Wildman–Crippen MR) is 66.1 cm³/mol. The van der Waals surface area contributed by atoms with Gasteiger partial charge in [0.25, 0.3) is 0 Å². The highest BCUT2D eigenvalue weighted by atomic mass is 35.5. The van der Waals surface area contributed by atoms with Gasteiger partial charge in [0.2, 0.25) is 0 Å². The fraction of sp³-hybridized carbons (Fsp3) is 0.385. The minimum Gasteiger partial charge on any atom is -0.381 e. The zero-order valence-corrected chi connectivity index (χ0v) is 9.76. The molecule has 1 fully saturated rings. The van der Waals surface area contributed by atoms with E-state index in [1.807, 2.05) is 18.2 Å². The lowest BCUT2D eigenvalue weighted by Gasteiger charge is -2.21. The van der Waals surface area contributed by atoms with Crippen molar-refractivity contribution in [3.05, 3.63) is 35.0 Å².